The van der Waals surface area contributed by atoms with Crippen LogP contribution in [0.3, 0.4) is 0 Å². The van der Waals surface area contributed by atoms with Crippen LogP contribution >= 0.6 is 11.6 Å². The van der Waals surface area contributed by atoms with Gasteiger partial charge in [0, 0.05) is 17.1 Å². The molecule has 0 spiro atoms. The molecule has 0 amide bonds. The summed E-state index contributed by atoms with van der Waals surface area (Å²) in [6, 6.07) is 14.3. The van der Waals surface area contributed by atoms with Crippen LogP contribution in [0, 0.1) is 6.92 Å². The van der Waals surface area contributed by atoms with Crippen LogP contribution in [-0.2, 0) is 13.2 Å². The van der Waals surface area contributed by atoms with Gasteiger partial charge in [-0.05, 0) is 69.3 Å². The van der Waals surface area contributed by atoms with Crippen molar-refractivity contribution in [2.24, 2.45) is 0 Å². The highest BCUT2D eigenvalue weighted by Gasteiger charge is 2.07. The quantitative estimate of drug-likeness (QED) is 0.441. The van der Waals surface area contributed by atoms with Gasteiger partial charge in [-0.15, -0.1) is 0 Å². The van der Waals surface area contributed by atoms with Crippen molar-refractivity contribution in [3.63, 3.8) is 0 Å². The van der Waals surface area contributed by atoms with Crippen molar-refractivity contribution >= 4 is 11.6 Å². The Hall–Kier alpha value is -1.77. The fourth-order valence-electron chi connectivity index (χ4n) is 3.28. The van der Waals surface area contributed by atoms with Crippen molar-refractivity contribution in [3.05, 3.63) is 75.8 Å². The van der Waals surface area contributed by atoms with Crippen molar-refractivity contribution in [2.75, 3.05) is 6.54 Å². The molecule has 0 atom stereocenters. The molecule has 1 aliphatic rings. The highest BCUT2D eigenvalue weighted by molar-refractivity contribution is 6.30. The van der Waals surface area contributed by atoms with Gasteiger partial charge < -0.3 is 10.1 Å². The molecule has 0 heterocycles. The molecule has 26 heavy (non-hydrogen) atoms. The van der Waals surface area contributed by atoms with Gasteiger partial charge >= 0.3 is 0 Å². The zero-order valence-corrected chi connectivity index (χ0v) is 16.3. The number of nitrogens with one attached hydrogen (secondary N) is 1. The molecule has 2 aromatic rings. The van der Waals surface area contributed by atoms with Crippen LogP contribution in [0.1, 0.15) is 48.8 Å². The van der Waals surface area contributed by atoms with E-state index in [-0.39, 0.29) is 0 Å². The van der Waals surface area contributed by atoms with E-state index in [1.54, 1.807) is 5.57 Å². The molecule has 1 N–H and O–H groups in total. The topological polar surface area (TPSA) is 21.3 Å². The maximum Gasteiger partial charge on any atom is 0.124 e. The highest BCUT2D eigenvalue weighted by Crippen LogP contribution is 2.24. The van der Waals surface area contributed by atoms with Gasteiger partial charge in [-0.3, -0.25) is 0 Å². The summed E-state index contributed by atoms with van der Waals surface area (Å²) in [5.74, 6) is 0.902. The van der Waals surface area contributed by atoms with Crippen LogP contribution in [0.4, 0.5) is 0 Å². The summed E-state index contributed by atoms with van der Waals surface area (Å²) in [6.07, 6.45) is 8.77. The number of rotatable bonds is 8. The van der Waals surface area contributed by atoms with E-state index in [1.165, 1.54) is 36.8 Å². The summed E-state index contributed by atoms with van der Waals surface area (Å²) in [4.78, 5) is 0. The number of ether oxygens (including phenoxy) is 1. The number of allylic oxidation sites excluding steroid dienone is 1. The van der Waals surface area contributed by atoms with Crippen molar-refractivity contribution in [1.29, 1.82) is 0 Å². The highest BCUT2D eigenvalue weighted by atomic mass is 35.5. The molecule has 0 bridgehead atoms. The Kier molecular flexibility index (Phi) is 7.16. The molecule has 0 saturated heterocycles. The molecule has 0 radical (unpaired) electrons. The lowest BCUT2D eigenvalue weighted by Crippen LogP contribution is -2.16. The number of hydrogen-bond donors (Lipinski definition) is 1. The Morgan fingerprint density at radius 3 is 2.69 bits per heavy atom. The predicted octanol–water partition coefficient (Wildman–Crippen LogP) is 6.21. The fourth-order valence-corrected chi connectivity index (χ4v) is 3.47. The summed E-state index contributed by atoms with van der Waals surface area (Å²) in [6.45, 7) is 4.44. The van der Waals surface area contributed by atoms with E-state index >= 15 is 0 Å². The minimum atomic E-state index is 0.571. The van der Waals surface area contributed by atoms with E-state index in [2.05, 4.69) is 42.6 Å². The molecule has 3 rings (SSSR count). The SMILES string of the molecule is Cc1ccc(COc2ccc(Cl)cc2CNCCC2=CCCCC2)cc1. The molecule has 3 heteroatoms. The Bertz CT molecular complexity index is 736. The smallest absolute Gasteiger partial charge is 0.124 e. The Labute approximate surface area is 162 Å². The van der Waals surface area contributed by atoms with Crippen molar-refractivity contribution in [1.82, 2.24) is 5.32 Å². The lowest BCUT2D eigenvalue weighted by atomic mass is 9.97. The van der Waals surface area contributed by atoms with Crippen LogP contribution in [-0.4, -0.2) is 6.54 Å². The zero-order valence-electron chi connectivity index (χ0n) is 15.6. The first-order valence-corrected chi connectivity index (χ1v) is 9.94. The average Bonchev–Trinajstić information content (AvgIpc) is 2.67. The minimum absolute atomic E-state index is 0.571. The van der Waals surface area contributed by atoms with Crippen molar-refractivity contribution in [3.8, 4) is 5.75 Å². The number of benzene rings is 2. The fraction of sp³-hybridized carbons (Fsp3) is 0.391. The van der Waals surface area contributed by atoms with Crippen LogP contribution in [0.25, 0.3) is 0 Å². The van der Waals surface area contributed by atoms with Crippen LogP contribution in [0.2, 0.25) is 5.02 Å². The lowest BCUT2D eigenvalue weighted by Gasteiger charge is -2.15. The molecule has 1 aliphatic carbocycles. The van der Waals surface area contributed by atoms with E-state index in [1.807, 2.05) is 18.2 Å². The molecule has 0 fully saturated rings. The molecular formula is C23H28ClNO. The lowest BCUT2D eigenvalue weighted by molar-refractivity contribution is 0.302. The minimum Gasteiger partial charge on any atom is -0.489 e. The first-order chi connectivity index (χ1) is 12.7. The largest absolute Gasteiger partial charge is 0.489 e. The van der Waals surface area contributed by atoms with Crippen LogP contribution in [0.5, 0.6) is 5.75 Å². The van der Waals surface area contributed by atoms with E-state index < -0.39 is 0 Å². The number of hydrogen-bond acceptors (Lipinski definition) is 2. The molecule has 2 aromatic carbocycles. The molecule has 0 unspecified atom stereocenters. The van der Waals surface area contributed by atoms with Gasteiger partial charge in [0.2, 0.25) is 0 Å². The van der Waals surface area contributed by atoms with E-state index in [4.69, 9.17) is 16.3 Å². The predicted molar refractivity (Wildman–Crippen MR) is 110 cm³/mol. The maximum atomic E-state index is 6.19. The first-order valence-electron chi connectivity index (χ1n) is 9.56. The standard InChI is InChI=1S/C23H28ClNO/c1-18-7-9-20(10-8-18)17-26-23-12-11-22(24)15-21(23)16-25-14-13-19-5-3-2-4-6-19/h5,7-12,15,25H,2-4,6,13-14,16-17H2,1H3. The third kappa shape index (κ3) is 5.89. The van der Waals surface area contributed by atoms with Gasteiger partial charge in [-0.25, -0.2) is 0 Å². The second kappa shape index (κ2) is 9.80. The summed E-state index contributed by atoms with van der Waals surface area (Å²) < 4.78 is 6.06. The van der Waals surface area contributed by atoms with Gasteiger partial charge in [0.05, 0.1) is 0 Å². The maximum absolute atomic E-state index is 6.19. The van der Waals surface area contributed by atoms with Crippen LogP contribution < -0.4 is 10.1 Å². The Balaban J connectivity index is 1.53. The zero-order chi connectivity index (χ0) is 18.2. The molecular weight excluding hydrogens is 342 g/mol. The van der Waals surface area contributed by atoms with E-state index in [0.717, 1.165) is 35.8 Å². The summed E-state index contributed by atoms with van der Waals surface area (Å²) in [7, 11) is 0. The van der Waals surface area contributed by atoms with Gasteiger partial charge in [-0.1, -0.05) is 53.1 Å². The molecule has 138 valence electrons. The Morgan fingerprint density at radius 1 is 1.08 bits per heavy atom. The van der Waals surface area contributed by atoms with Gasteiger partial charge in [0.1, 0.15) is 12.4 Å². The van der Waals surface area contributed by atoms with Crippen molar-refractivity contribution < 1.29 is 4.74 Å². The number of aryl methyl sites for hydroxylation is 1. The van der Waals surface area contributed by atoms with E-state index in [0.29, 0.717) is 6.61 Å². The normalized spacial score (nSPS) is 14.2. The monoisotopic (exact) mass is 369 g/mol. The average molecular weight is 370 g/mol. The second-order valence-electron chi connectivity index (χ2n) is 7.06. The second-order valence-corrected chi connectivity index (χ2v) is 7.50. The molecule has 0 aromatic heterocycles. The van der Waals surface area contributed by atoms with Gasteiger partial charge in [0.15, 0.2) is 0 Å². The molecule has 0 saturated carbocycles. The summed E-state index contributed by atoms with van der Waals surface area (Å²) in [5, 5.41) is 4.29. The Morgan fingerprint density at radius 2 is 1.92 bits per heavy atom. The van der Waals surface area contributed by atoms with Crippen LogP contribution in [0.15, 0.2) is 54.1 Å². The first kappa shape index (κ1) is 19.0. The molecule has 2 nitrogen and oxygen atoms in total. The van der Waals surface area contributed by atoms with Gasteiger partial charge in [-0.2, -0.15) is 0 Å². The van der Waals surface area contributed by atoms with Gasteiger partial charge in [0.25, 0.3) is 0 Å². The molecule has 0 aliphatic heterocycles. The summed E-state index contributed by atoms with van der Waals surface area (Å²) >= 11 is 6.19. The van der Waals surface area contributed by atoms with Crippen molar-refractivity contribution in [2.45, 2.75) is 52.2 Å². The summed E-state index contributed by atoms with van der Waals surface area (Å²) in [5.41, 5.74) is 5.15. The third-order valence-electron chi connectivity index (χ3n) is 4.86. The third-order valence-corrected chi connectivity index (χ3v) is 5.10. The number of halogens is 1. The van der Waals surface area contributed by atoms with E-state index in [9.17, 15) is 0 Å².